The van der Waals surface area contributed by atoms with Crippen LogP contribution < -0.4 is 5.32 Å². The van der Waals surface area contributed by atoms with Gasteiger partial charge in [-0.3, -0.25) is 14.5 Å². The van der Waals surface area contributed by atoms with E-state index in [2.05, 4.69) is 10.4 Å². The predicted octanol–water partition coefficient (Wildman–Crippen LogP) is 2.50. The molecule has 0 bridgehead atoms. The topological polar surface area (TPSA) is 65.0 Å². The molecule has 3 rings (SSSR count). The normalized spacial score (nSPS) is 13.6. The van der Waals surface area contributed by atoms with Crippen molar-refractivity contribution in [2.24, 2.45) is 5.10 Å². The van der Waals surface area contributed by atoms with E-state index in [0.29, 0.717) is 6.54 Å². The molecule has 1 aliphatic heterocycles. The molecule has 0 saturated heterocycles. The first-order valence-corrected chi connectivity index (χ1v) is 8.99. The first-order chi connectivity index (χ1) is 13.0. The van der Waals surface area contributed by atoms with Gasteiger partial charge in [-0.05, 0) is 31.7 Å². The number of nitrogens with one attached hydrogen (secondary N) is 1. The molecule has 0 atom stereocenters. The average molecular weight is 364 g/mol. The van der Waals surface area contributed by atoms with Gasteiger partial charge in [-0.15, -0.1) is 0 Å². The van der Waals surface area contributed by atoms with Crippen molar-refractivity contribution in [3.8, 4) is 0 Å². The van der Waals surface area contributed by atoms with Gasteiger partial charge < -0.3 is 5.32 Å². The van der Waals surface area contributed by atoms with Crippen LogP contribution in [0.3, 0.4) is 0 Å². The number of likely N-dealkylation sites (N-methyl/N-ethyl adjacent to an activating group) is 1. The summed E-state index contributed by atoms with van der Waals surface area (Å²) in [7, 11) is 1.75. The second-order valence-electron chi connectivity index (χ2n) is 6.77. The van der Waals surface area contributed by atoms with Crippen molar-refractivity contribution in [2.75, 3.05) is 32.0 Å². The molecule has 0 unspecified atom stereocenters. The van der Waals surface area contributed by atoms with Crippen LogP contribution in [0.5, 0.6) is 0 Å². The number of rotatable bonds is 6. The van der Waals surface area contributed by atoms with Crippen molar-refractivity contribution in [1.29, 1.82) is 0 Å². The van der Waals surface area contributed by atoms with Gasteiger partial charge in [-0.2, -0.15) is 5.10 Å². The summed E-state index contributed by atoms with van der Waals surface area (Å²) in [4.78, 5) is 26.3. The van der Waals surface area contributed by atoms with E-state index in [1.165, 1.54) is 5.01 Å². The van der Waals surface area contributed by atoms with Gasteiger partial charge in [0.1, 0.15) is 0 Å². The number of benzene rings is 2. The lowest BCUT2D eigenvalue weighted by Crippen LogP contribution is -2.38. The van der Waals surface area contributed by atoms with E-state index in [1.807, 2.05) is 61.5 Å². The number of hydrazone groups is 1. The highest BCUT2D eigenvalue weighted by molar-refractivity contribution is 6.02. The van der Waals surface area contributed by atoms with Gasteiger partial charge in [-0.25, -0.2) is 5.01 Å². The van der Waals surface area contributed by atoms with Gasteiger partial charge in [0.2, 0.25) is 5.91 Å². The molecule has 2 aromatic rings. The fraction of sp³-hybridized carbons (Fsp3) is 0.286. The summed E-state index contributed by atoms with van der Waals surface area (Å²) >= 11 is 0. The number of aryl methyl sites for hydroxylation is 1. The van der Waals surface area contributed by atoms with Crippen LogP contribution in [0.2, 0.25) is 0 Å². The molecule has 0 saturated carbocycles. The lowest BCUT2D eigenvalue weighted by atomic mass is 10.1. The van der Waals surface area contributed by atoms with Crippen LogP contribution in [0, 0.1) is 6.92 Å². The van der Waals surface area contributed by atoms with Crippen molar-refractivity contribution in [3.63, 3.8) is 0 Å². The minimum absolute atomic E-state index is 0.105. The molecule has 6 heteroatoms. The summed E-state index contributed by atoms with van der Waals surface area (Å²) in [6.45, 7) is 2.86. The Bertz CT molecular complexity index is 831. The second-order valence-corrected chi connectivity index (χ2v) is 6.77. The highest BCUT2D eigenvalue weighted by Gasteiger charge is 2.22. The SMILES string of the molecule is Cc1ccc(NC(=O)CN(C)CC(=O)N2CCC(c3ccccc3)=N2)cc1. The van der Waals surface area contributed by atoms with Crippen LogP contribution in [-0.2, 0) is 9.59 Å². The van der Waals surface area contributed by atoms with Crippen molar-refractivity contribution >= 4 is 23.2 Å². The first kappa shape index (κ1) is 18.8. The van der Waals surface area contributed by atoms with Gasteiger partial charge in [0.05, 0.1) is 25.3 Å². The molecule has 1 aliphatic rings. The number of amides is 2. The van der Waals surface area contributed by atoms with E-state index in [9.17, 15) is 9.59 Å². The zero-order chi connectivity index (χ0) is 19.2. The summed E-state index contributed by atoms with van der Waals surface area (Å²) in [6, 6.07) is 17.5. The van der Waals surface area contributed by atoms with Crippen LogP contribution >= 0.6 is 0 Å². The van der Waals surface area contributed by atoms with Crippen LogP contribution in [0.4, 0.5) is 5.69 Å². The fourth-order valence-electron chi connectivity index (χ4n) is 2.92. The number of carbonyl (C=O) groups is 2. The van der Waals surface area contributed by atoms with E-state index < -0.39 is 0 Å². The molecular formula is C21H24N4O2. The predicted molar refractivity (Wildman–Crippen MR) is 107 cm³/mol. The minimum atomic E-state index is -0.149. The van der Waals surface area contributed by atoms with Gasteiger partial charge in [0.25, 0.3) is 5.91 Å². The first-order valence-electron chi connectivity index (χ1n) is 8.99. The van der Waals surface area contributed by atoms with Crippen molar-refractivity contribution < 1.29 is 9.59 Å². The largest absolute Gasteiger partial charge is 0.325 e. The molecule has 1 N–H and O–H groups in total. The maximum Gasteiger partial charge on any atom is 0.256 e. The molecule has 27 heavy (non-hydrogen) atoms. The van der Waals surface area contributed by atoms with Gasteiger partial charge in [0, 0.05) is 12.1 Å². The third-order valence-electron chi connectivity index (χ3n) is 4.35. The Kier molecular flexibility index (Phi) is 5.98. The average Bonchev–Trinajstić information content (AvgIpc) is 3.14. The molecule has 6 nitrogen and oxygen atoms in total. The highest BCUT2D eigenvalue weighted by Crippen LogP contribution is 2.14. The molecule has 2 amide bonds. The van der Waals surface area contributed by atoms with E-state index in [-0.39, 0.29) is 24.9 Å². The summed E-state index contributed by atoms with van der Waals surface area (Å²) < 4.78 is 0. The molecule has 2 aromatic carbocycles. The maximum atomic E-state index is 12.5. The van der Waals surface area contributed by atoms with Crippen LogP contribution in [0.15, 0.2) is 59.7 Å². The lowest BCUT2D eigenvalue weighted by Gasteiger charge is -2.18. The van der Waals surface area contributed by atoms with Crippen LogP contribution in [0.25, 0.3) is 0 Å². The molecule has 0 aliphatic carbocycles. The number of hydrogen-bond donors (Lipinski definition) is 1. The zero-order valence-corrected chi connectivity index (χ0v) is 15.7. The molecule has 0 radical (unpaired) electrons. The van der Waals surface area contributed by atoms with Crippen molar-refractivity contribution in [2.45, 2.75) is 13.3 Å². The molecular weight excluding hydrogens is 340 g/mol. The summed E-state index contributed by atoms with van der Waals surface area (Å²) in [6.07, 6.45) is 0.743. The highest BCUT2D eigenvalue weighted by atomic mass is 16.2. The molecule has 0 fully saturated rings. The Labute approximate surface area is 159 Å². The lowest BCUT2D eigenvalue weighted by molar-refractivity contribution is -0.132. The van der Waals surface area contributed by atoms with Gasteiger partial charge in [-0.1, -0.05) is 48.0 Å². The number of carbonyl (C=O) groups excluding carboxylic acids is 2. The number of hydrogen-bond acceptors (Lipinski definition) is 4. The van der Waals surface area contributed by atoms with Crippen LogP contribution in [0.1, 0.15) is 17.5 Å². The molecule has 1 heterocycles. The Morgan fingerprint density at radius 3 is 2.48 bits per heavy atom. The van der Waals surface area contributed by atoms with E-state index in [1.54, 1.807) is 11.9 Å². The Morgan fingerprint density at radius 1 is 1.07 bits per heavy atom. The Hall–Kier alpha value is -2.99. The summed E-state index contributed by atoms with van der Waals surface area (Å²) in [5.41, 5.74) is 3.85. The summed E-state index contributed by atoms with van der Waals surface area (Å²) in [5.74, 6) is -0.254. The molecule has 140 valence electrons. The monoisotopic (exact) mass is 364 g/mol. The second kappa shape index (κ2) is 8.60. The molecule has 0 aromatic heterocycles. The van der Waals surface area contributed by atoms with Gasteiger partial charge >= 0.3 is 0 Å². The maximum absolute atomic E-state index is 12.5. The van der Waals surface area contributed by atoms with Crippen molar-refractivity contribution in [1.82, 2.24) is 9.91 Å². The van der Waals surface area contributed by atoms with E-state index in [4.69, 9.17) is 0 Å². The van der Waals surface area contributed by atoms with Gasteiger partial charge in [0.15, 0.2) is 0 Å². The number of nitrogens with zero attached hydrogens (tertiary/aromatic N) is 3. The minimum Gasteiger partial charge on any atom is -0.325 e. The Morgan fingerprint density at radius 2 is 1.78 bits per heavy atom. The van der Waals surface area contributed by atoms with Crippen molar-refractivity contribution in [3.05, 3.63) is 65.7 Å². The Balaban J connectivity index is 1.49. The van der Waals surface area contributed by atoms with E-state index >= 15 is 0 Å². The molecule has 0 spiro atoms. The number of anilines is 1. The third kappa shape index (κ3) is 5.24. The summed E-state index contributed by atoms with van der Waals surface area (Å²) in [5, 5.41) is 8.77. The fourth-order valence-corrected chi connectivity index (χ4v) is 2.92. The third-order valence-corrected chi connectivity index (χ3v) is 4.35. The smallest absolute Gasteiger partial charge is 0.256 e. The quantitative estimate of drug-likeness (QED) is 0.857. The van der Waals surface area contributed by atoms with E-state index in [0.717, 1.165) is 28.9 Å². The zero-order valence-electron chi connectivity index (χ0n) is 15.7. The standard InChI is InChI=1S/C21H24N4O2/c1-16-8-10-18(11-9-16)22-20(26)14-24(2)15-21(27)25-13-12-19(23-25)17-6-4-3-5-7-17/h3-11H,12-15H2,1-2H3,(H,22,26). The van der Waals surface area contributed by atoms with Crippen LogP contribution in [-0.4, -0.2) is 54.1 Å².